The molecule has 1 atom stereocenters. The van der Waals surface area contributed by atoms with E-state index in [0.29, 0.717) is 12.5 Å². The first-order chi connectivity index (χ1) is 8.96. The van der Waals surface area contributed by atoms with Crippen molar-refractivity contribution in [2.24, 2.45) is 5.92 Å². The molecule has 0 spiro atoms. The van der Waals surface area contributed by atoms with Crippen LogP contribution in [-0.4, -0.2) is 22.2 Å². The molecule has 1 fully saturated rings. The zero-order valence-corrected chi connectivity index (χ0v) is 13.1. The lowest BCUT2D eigenvalue weighted by Crippen LogP contribution is -2.37. The summed E-state index contributed by atoms with van der Waals surface area (Å²) >= 11 is 1.78. The van der Waals surface area contributed by atoms with Crippen molar-refractivity contribution in [3.8, 4) is 0 Å². The molecule has 1 aromatic rings. The molecule has 108 valence electrons. The summed E-state index contributed by atoms with van der Waals surface area (Å²) in [6, 6.07) is 0. The van der Waals surface area contributed by atoms with E-state index in [-0.39, 0.29) is 0 Å². The van der Waals surface area contributed by atoms with Gasteiger partial charge < -0.3 is 10.4 Å². The van der Waals surface area contributed by atoms with Crippen LogP contribution >= 0.6 is 11.3 Å². The third kappa shape index (κ3) is 5.21. The van der Waals surface area contributed by atoms with E-state index < -0.39 is 5.60 Å². The molecule has 2 rings (SSSR count). The van der Waals surface area contributed by atoms with Gasteiger partial charge in [-0.15, -0.1) is 11.3 Å². The summed E-state index contributed by atoms with van der Waals surface area (Å²) in [6.45, 7) is 7.70. The van der Waals surface area contributed by atoms with Crippen LogP contribution in [0, 0.1) is 5.92 Å². The fourth-order valence-corrected chi connectivity index (χ4v) is 3.06. The summed E-state index contributed by atoms with van der Waals surface area (Å²) in [5.74, 6) is 1.39. The first-order valence-corrected chi connectivity index (χ1v) is 8.21. The Kier molecular flexibility index (Phi) is 4.98. The van der Waals surface area contributed by atoms with Gasteiger partial charge in [-0.2, -0.15) is 0 Å². The lowest BCUT2D eigenvalue weighted by Gasteiger charge is -2.24. The molecule has 19 heavy (non-hydrogen) atoms. The summed E-state index contributed by atoms with van der Waals surface area (Å²) in [5, 5.41) is 17.0. The molecule has 0 bridgehead atoms. The van der Waals surface area contributed by atoms with Crippen LogP contribution in [0.4, 0.5) is 0 Å². The summed E-state index contributed by atoms with van der Waals surface area (Å²) in [7, 11) is 0. The zero-order chi connectivity index (χ0) is 13.9. The van der Waals surface area contributed by atoms with Crippen molar-refractivity contribution in [1.29, 1.82) is 0 Å². The van der Waals surface area contributed by atoms with Gasteiger partial charge in [0.15, 0.2) is 0 Å². The summed E-state index contributed by atoms with van der Waals surface area (Å²) < 4.78 is 0. The fraction of sp³-hybridized carbons (Fsp3) is 0.800. The summed E-state index contributed by atoms with van der Waals surface area (Å²) in [6.07, 6.45) is 4.54. The second kappa shape index (κ2) is 6.33. The van der Waals surface area contributed by atoms with Crippen LogP contribution in [0.1, 0.15) is 63.1 Å². The Bertz CT molecular complexity index is 397. The van der Waals surface area contributed by atoms with Gasteiger partial charge in [-0.3, -0.25) is 0 Å². The van der Waals surface area contributed by atoms with E-state index in [4.69, 9.17) is 0 Å². The molecular formula is C15H26N2OS. The van der Waals surface area contributed by atoms with Gasteiger partial charge >= 0.3 is 0 Å². The Morgan fingerprint density at radius 3 is 2.89 bits per heavy atom. The van der Waals surface area contributed by atoms with Gasteiger partial charge in [0.05, 0.1) is 16.3 Å². The van der Waals surface area contributed by atoms with Crippen LogP contribution in [0.15, 0.2) is 5.38 Å². The second-order valence-corrected chi connectivity index (χ2v) is 7.37. The number of aromatic nitrogens is 1. The molecule has 0 saturated heterocycles. The van der Waals surface area contributed by atoms with Crippen molar-refractivity contribution >= 4 is 11.3 Å². The van der Waals surface area contributed by atoms with E-state index in [2.05, 4.69) is 29.5 Å². The molecule has 1 aliphatic rings. The van der Waals surface area contributed by atoms with E-state index in [1.54, 1.807) is 11.3 Å². The predicted octanol–water partition coefficient (Wildman–Crippen LogP) is 3.30. The Morgan fingerprint density at radius 1 is 1.53 bits per heavy atom. The van der Waals surface area contributed by atoms with Crippen molar-refractivity contribution in [2.45, 2.75) is 64.5 Å². The van der Waals surface area contributed by atoms with E-state index in [1.807, 2.05) is 6.92 Å². The average molecular weight is 282 g/mol. The number of hydrogen-bond acceptors (Lipinski definition) is 4. The SMILES string of the molecule is CC(C)CCC(C)(O)CNCc1csc(C2CC2)n1. The minimum Gasteiger partial charge on any atom is -0.389 e. The maximum Gasteiger partial charge on any atom is 0.0959 e. The average Bonchev–Trinajstić information content (AvgIpc) is 3.08. The lowest BCUT2D eigenvalue weighted by atomic mass is 9.95. The lowest BCUT2D eigenvalue weighted by molar-refractivity contribution is 0.0450. The Balaban J connectivity index is 1.69. The maximum atomic E-state index is 10.3. The van der Waals surface area contributed by atoms with Gasteiger partial charge in [0.2, 0.25) is 0 Å². The van der Waals surface area contributed by atoms with Crippen molar-refractivity contribution in [1.82, 2.24) is 10.3 Å². The van der Waals surface area contributed by atoms with Crippen LogP contribution in [0.5, 0.6) is 0 Å². The molecule has 1 unspecified atom stereocenters. The standard InChI is InChI=1S/C15H26N2OS/c1-11(2)6-7-15(3,18)10-16-8-13-9-19-14(17-13)12-4-5-12/h9,11-12,16,18H,4-8,10H2,1-3H3. The summed E-state index contributed by atoms with van der Waals surface area (Å²) in [4.78, 5) is 4.64. The molecule has 1 aromatic heterocycles. The largest absolute Gasteiger partial charge is 0.389 e. The molecular weight excluding hydrogens is 256 g/mol. The number of thiazole rings is 1. The first-order valence-electron chi connectivity index (χ1n) is 7.34. The predicted molar refractivity (Wildman–Crippen MR) is 80.5 cm³/mol. The molecule has 1 heterocycles. The van der Waals surface area contributed by atoms with Crippen molar-refractivity contribution in [3.05, 3.63) is 16.1 Å². The summed E-state index contributed by atoms with van der Waals surface area (Å²) in [5.41, 5.74) is 0.506. The van der Waals surface area contributed by atoms with Crippen molar-refractivity contribution in [2.75, 3.05) is 6.54 Å². The highest BCUT2D eigenvalue weighted by molar-refractivity contribution is 7.09. The molecule has 2 N–H and O–H groups in total. The highest BCUT2D eigenvalue weighted by Crippen LogP contribution is 2.41. The third-order valence-corrected chi connectivity index (χ3v) is 4.62. The molecule has 4 heteroatoms. The van der Waals surface area contributed by atoms with E-state index in [9.17, 15) is 5.11 Å². The minimum atomic E-state index is -0.611. The van der Waals surface area contributed by atoms with Crippen LogP contribution in [0.3, 0.4) is 0 Å². The van der Waals surface area contributed by atoms with Crippen molar-refractivity contribution < 1.29 is 5.11 Å². The van der Waals surface area contributed by atoms with Crippen LogP contribution in [-0.2, 0) is 6.54 Å². The van der Waals surface area contributed by atoms with Gasteiger partial charge in [-0.25, -0.2) is 4.98 Å². The van der Waals surface area contributed by atoms with E-state index >= 15 is 0 Å². The van der Waals surface area contributed by atoms with Gasteiger partial charge in [-0.1, -0.05) is 13.8 Å². The van der Waals surface area contributed by atoms with Gasteiger partial charge in [-0.05, 0) is 38.5 Å². The minimum absolute atomic E-state index is 0.611. The normalized spacial score (nSPS) is 18.8. The van der Waals surface area contributed by atoms with E-state index in [1.165, 1.54) is 17.8 Å². The number of rotatable bonds is 8. The van der Waals surface area contributed by atoms with Crippen LogP contribution in [0.2, 0.25) is 0 Å². The van der Waals surface area contributed by atoms with Gasteiger partial charge in [0.25, 0.3) is 0 Å². The Hall–Kier alpha value is -0.450. The number of hydrogen-bond donors (Lipinski definition) is 2. The third-order valence-electron chi connectivity index (χ3n) is 3.57. The highest BCUT2D eigenvalue weighted by Gasteiger charge is 2.26. The second-order valence-electron chi connectivity index (χ2n) is 6.48. The van der Waals surface area contributed by atoms with Crippen molar-refractivity contribution in [3.63, 3.8) is 0 Å². The van der Waals surface area contributed by atoms with E-state index in [0.717, 1.165) is 31.0 Å². The molecule has 0 aromatic carbocycles. The molecule has 0 aliphatic heterocycles. The maximum absolute atomic E-state index is 10.3. The number of aliphatic hydroxyl groups is 1. The first kappa shape index (κ1) is 14.9. The molecule has 0 radical (unpaired) electrons. The smallest absolute Gasteiger partial charge is 0.0959 e. The Labute approximate surface area is 120 Å². The van der Waals surface area contributed by atoms with Crippen LogP contribution < -0.4 is 5.32 Å². The van der Waals surface area contributed by atoms with Gasteiger partial charge in [0, 0.05) is 24.4 Å². The molecule has 1 saturated carbocycles. The Morgan fingerprint density at radius 2 is 2.26 bits per heavy atom. The topological polar surface area (TPSA) is 45.1 Å². The van der Waals surface area contributed by atoms with Gasteiger partial charge in [0.1, 0.15) is 0 Å². The monoisotopic (exact) mass is 282 g/mol. The zero-order valence-electron chi connectivity index (χ0n) is 12.3. The molecule has 1 aliphatic carbocycles. The number of nitrogens with one attached hydrogen (secondary N) is 1. The highest BCUT2D eigenvalue weighted by atomic mass is 32.1. The van der Waals surface area contributed by atoms with Crippen LogP contribution in [0.25, 0.3) is 0 Å². The quantitative estimate of drug-likeness (QED) is 0.769. The molecule has 0 amide bonds. The number of nitrogens with zero attached hydrogens (tertiary/aromatic N) is 1. The fourth-order valence-electron chi connectivity index (χ4n) is 2.07. The molecule has 3 nitrogen and oxygen atoms in total.